The van der Waals surface area contributed by atoms with Gasteiger partial charge in [0.1, 0.15) is 0 Å². The van der Waals surface area contributed by atoms with Crippen LogP contribution in [0.15, 0.2) is 36.4 Å². The Morgan fingerprint density at radius 3 is 2.50 bits per heavy atom. The van der Waals surface area contributed by atoms with E-state index < -0.39 is 11.7 Å². The maximum atomic E-state index is 12.6. The second-order valence-electron chi connectivity index (χ2n) is 6.07. The van der Waals surface area contributed by atoms with Crippen LogP contribution in [0.1, 0.15) is 39.8 Å². The van der Waals surface area contributed by atoms with Crippen molar-refractivity contribution < 1.29 is 18.0 Å². The van der Waals surface area contributed by atoms with E-state index in [1.54, 1.807) is 11.3 Å². The summed E-state index contributed by atoms with van der Waals surface area (Å²) < 4.78 is 37.8. The fourth-order valence-electron chi connectivity index (χ4n) is 3.08. The Morgan fingerprint density at radius 2 is 1.92 bits per heavy atom. The van der Waals surface area contributed by atoms with Crippen molar-refractivity contribution in [2.24, 2.45) is 0 Å². The van der Waals surface area contributed by atoms with Crippen molar-refractivity contribution in [3.8, 4) is 0 Å². The van der Waals surface area contributed by atoms with Gasteiger partial charge in [-0.05, 0) is 49.6 Å². The predicted molar refractivity (Wildman–Crippen MR) is 87.9 cm³/mol. The number of halogens is 3. The average molecular weight is 353 g/mol. The summed E-state index contributed by atoms with van der Waals surface area (Å²) in [5, 5.41) is 0. The number of benzene rings is 1. The van der Waals surface area contributed by atoms with Crippen molar-refractivity contribution in [3.05, 3.63) is 57.3 Å². The largest absolute Gasteiger partial charge is 0.416 e. The van der Waals surface area contributed by atoms with Crippen LogP contribution >= 0.6 is 11.3 Å². The summed E-state index contributed by atoms with van der Waals surface area (Å²) in [6.45, 7) is 2.75. The lowest BCUT2D eigenvalue weighted by Gasteiger charge is -2.24. The van der Waals surface area contributed by atoms with Gasteiger partial charge >= 0.3 is 6.18 Å². The van der Waals surface area contributed by atoms with E-state index in [2.05, 4.69) is 12.1 Å². The number of alkyl halides is 3. The van der Waals surface area contributed by atoms with Crippen molar-refractivity contribution in [1.29, 1.82) is 0 Å². The highest BCUT2D eigenvalue weighted by Gasteiger charge is 2.32. The number of rotatable bonds is 3. The smallest absolute Gasteiger partial charge is 0.335 e. The Bertz CT molecular complexity index is 721. The number of hydrogen-bond acceptors (Lipinski definition) is 2. The monoisotopic (exact) mass is 353 g/mol. The van der Waals surface area contributed by atoms with Crippen LogP contribution in [-0.4, -0.2) is 17.4 Å². The van der Waals surface area contributed by atoms with Crippen LogP contribution in [0.3, 0.4) is 0 Å². The first kappa shape index (κ1) is 17.0. The molecule has 2 heterocycles. The van der Waals surface area contributed by atoms with Crippen LogP contribution in [0.5, 0.6) is 0 Å². The number of aryl methyl sites for hydroxylation is 1. The molecule has 6 heteroatoms. The fourth-order valence-corrected chi connectivity index (χ4v) is 4.11. The maximum Gasteiger partial charge on any atom is 0.416 e. The van der Waals surface area contributed by atoms with E-state index in [0.29, 0.717) is 12.1 Å². The first-order chi connectivity index (χ1) is 11.3. The van der Waals surface area contributed by atoms with E-state index in [1.807, 2.05) is 11.8 Å². The molecule has 0 N–H and O–H groups in total. The molecule has 2 nitrogen and oxygen atoms in total. The number of hydrogen-bond donors (Lipinski definition) is 0. The van der Waals surface area contributed by atoms with Gasteiger partial charge in [-0.2, -0.15) is 13.2 Å². The highest BCUT2D eigenvalue weighted by atomic mass is 32.1. The number of nitrogens with zero attached hydrogens (tertiary/aromatic N) is 1. The Hall–Kier alpha value is -1.82. The Kier molecular flexibility index (Phi) is 4.67. The zero-order valence-electron chi connectivity index (χ0n) is 13.3. The lowest BCUT2D eigenvalue weighted by molar-refractivity contribution is -0.137. The van der Waals surface area contributed by atoms with Gasteiger partial charge in [-0.3, -0.25) is 4.79 Å². The number of carbonyl (C=O) groups is 1. The fraction of sp³-hybridized carbons (Fsp3) is 0.389. The third-order valence-corrected chi connectivity index (χ3v) is 5.40. The normalized spacial score (nSPS) is 18.2. The van der Waals surface area contributed by atoms with Gasteiger partial charge < -0.3 is 4.90 Å². The second kappa shape index (κ2) is 6.59. The molecule has 0 bridgehead atoms. The second-order valence-corrected chi connectivity index (χ2v) is 7.38. The van der Waals surface area contributed by atoms with Crippen molar-refractivity contribution in [1.82, 2.24) is 4.90 Å². The van der Waals surface area contributed by atoms with Crippen LogP contribution in [0.4, 0.5) is 13.2 Å². The number of likely N-dealkylation sites (tertiary alicyclic amines) is 1. The highest BCUT2D eigenvalue weighted by Crippen LogP contribution is 2.36. The molecule has 1 aromatic heterocycles. The lowest BCUT2D eigenvalue weighted by atomic mass is 10.1. The Balaban J connectivity index is 1.70. The van der Waals surface area contributed by atoms with Gasteiger partial charge in [0, 0.05) is 16.3 Å². The summed E-state index contributed by atoms with van der Waals surface area (Å²) >= 11 is 1.70. The highest BCUT2D eigenvalue weighted by molar-refractivity contribution is 7.12. The van der Waals surface area contributed by atoms with Crippen molar-refractivity contribution in [2.45, 2.75) is 38.4 Å². The molecule has 0 spiro atoms. The minimum absolute atomic E-state index is 0.0247. The molecular weight excluding hydrogens is 335 g/mol. The zero-order valence-corrected chi connectivity index (χ0v) is 14.1. The molecule has 128 valence electrons. The Labute approximate surface area is 142 Å². The third kappa shape index (κ3) is 3.64. The molecule has 1 aliphatic heterocycles. The lowest BCUT2D eigenvalue weighted by Crippen LogP contribution is -2.31. The van der Waals surface area contributed by atoms with Crippen LogP contribution in [0.2, 0.25) is 0 Å². The van der Waals surface area contributed by atoms with Gasteiger partial charge in [0.2, 0.25) is 5.91 Å². The molecule has 1 saturated heterocycles. The van der Waals surface area contributed by atoms with Crippen molar-refractivity contribution >= 4 is 17.2 Å². The van der Waals surface area contributed by atoms with E-state index in [1.165, 1.54) is 21.9 Å². The van der Waals surface area contributed by atoms with Gasteiger partial charge in [0.15, 0.2) is 0 Å². The molecule has 1 unspecified atom stereocenters. The SMILES string of the molecule is Cc1ccc(C2CCCN2C(=O)Cc2ccc(C(F)(F)F)cc2)s1. The third-order valence-electron chi connectivity index (χ3n) is 4.30. The van der Waals surface area contributed by atoms with Crippen LogP contribution in [0, 0.1) is 6.92 Å². The minimum Gasteiger partial charge on any atom is -0.335 e. The molecule has 0 aliphatic carbocycles. The molecule has 0 radical (unpaired) electrons. The molecular formula is C18H18F3NOS. The molecule has 0 saturated carbocycles. The van der Waals surface area contributed by atoms with Crippen molar-refractivity contribution in [3.63, 3.8) is 0 Å². The number of carbonyl (C=O) groups excluding carboxylic acids is 1. The van der Waals surface area contributed by atoms with Gasteiger partial charge in [-0.1, -0.05) is 12.1 Å². The minimum atomic E-state index is -4.35. The quantitative estimate of drug-likeness (QED) is 0.762. The summed E-state index contributed by atoms with van der Waals surface area (Å²) in [6.07, 6.45) is -2.31. The van der Waals surface area contributed by atoms with Gasteiger partial charge in [-0.25, -0.2) is 0 Å². The van der Waals surface area contributed by atoms with E-state index in [0.717, 1.165) is 25.0 Å². The zero-order chi connectivity index (χ0) is 17.3. The van der Waals surface area contributed by atoms with E-state index in [4.69, 9.17) is 0 Å². The molecule has 2 aromatic rings. The molecule has 1 amide bonds. The van der Waals surface area contributed by atoms with E-state index in [9.17, 15) is 18.0 Å². The van der Waals surface area contributed by atoms with Crippen LogP contribution in [0.25, 0.3) is 0 Å². The van der Waals surface area contributed by atoms with E-state index >= 15 is 0 Å². The van der Waals surface area contributed by atoms with Crippen molar-refractivity contribution in [2.75, 3.05) is 6.54 Å². The maximum absolute atomic E-state index is 12.6. The summed E-state index contributed by atoms with van der Waals surface area (Å²) in [5.41, 5.74) is -0.0761. The van der Waals surface area contributed by atoms with Crippen LogP contribution in [-0.2, 0) is 17.4 Å². The average Bonchev–Trinajstić information content (AvgIpc) is 3.15. The first-order valence-electron chi connectivity index (χ1n) is 7.86. The predicted octanol–water partition coefficient (Wildman–Crippen LogP) is 4.98. The number of thiophene rings is 1. The summed E-state index contributed by atoms with van der Waals surface area (Å²) in [4.78, 5) is 16.9. The molecule has 1 fully saturated rings. The van der Waals surface area contributed by atoms with E-state index in [-0.39, 0.29) is 18.4 Å². The number of amides is 1. The van der Waals surface area contributed by atoms with Gasteiger partial charge in [-0.15, -0.1) is 11.3 Å². The Morgan fingerprint density at radius 1 is 1.21 bits per heavy atom. The molecule has 1 atom stereocenters. The van der Waals surface area contributed by atoms with Gasteiger partial charge in [0.25, 0.3) is 0 Å². The van der Waals surface area contributed by atoms with Crippen LogP contribution < -0.4 is 0 Å². The summed E-state index contributed by atoms with van der Waals surface area (Å²) in [6, 6.07) is 9.07. The topological polar surface area (TPSA) is 20.3 Å². The molecule has 24 heavy (non-hydrogen) atoms. The summed E-state index contributed by atoms with van der Waals surface area (Å²) in [7, 11) is 0. The molecule has 1 aromatic carbocycles. The summed E-state index contributed by atoms with van der Waals surface area (Å²) in [5.74, 6) is -0.0247. The first-order valence-corrected chi connectivity index (χ1v) is 8.68. The van der Waals surface area contributed by atoms with Gasteiger partial charge in [0.05, 0.1) is 18.0 Å². The standard InChI is InChI=1S/C18H18F3NOS/c1-12-4-9-16(24-12)15-3-2-10-22(15)17(23)11-13-5-7-14(8-6-13)18(19,20)21/h4-9,15H,2-3,10-11H2,1H3. The molecule has 1 aliphatic rings. The molecule has 3 rings (SSSR count).